The van der Waals surface area contributed by atoms with Crippen molar-refractivity contribution >= 4 is 5.69 Å². The average molecular weight is 212 g/mol. The van der Waals surface area contributed by atoms with Gasteiger partial charge in [-0.3, -0.25) is 4.98 Å². The Labute approximate surface area is 94.0 Å². The third-order valence-corrected chi connectivity index (χ3v) is 2.83. The molecule has 0 atom stereocenters. The average Bonchev–Trinajstić information content (AvgIpc) is 2.72. The van der Waals surface area contributed by atoms with Crippen LogP contribution < -0.4 is 4.90 Å². The van der Waals surface area contributed by atoms with E-state index in [4.69, 9.17) is 0 Å². The lowest BCUT2D eigenvalue weighted by atomic mass is 10.3. The van der Waals surface area contributed by atoms with Crippen molar-refractivity contribution in [2.75, 3.05) is 4.90 Å². The quantitative estimate of drug-likeness (QED) is 0.721. The molecule has 16 heavy (non-hydrogen) atoms. The highest BCUT2D eigenvalue weighted by Gasteiger charge is 2.20. The Morgan fingerprint density at radius 3 is 3.00 bits per heavy atom. The maximum absolute atomic E-state index is 4.29. The monoisotopic (exact) mass is 212 g/mol. The molecule has 0 fully saturated rings. The van der Waals surface area contributed by atoms with Crippen LogP contribution in [0.1, 0.15) is 17.0 Å². The van der Waals surface area contributed by atoms with Crippen LogP contribution in [0.2, 0.25) is 0 Å². The molecule has 0 N–H and O–H groups in total. The lowest BCUT2D eigenvalue weighted by molar-refractivity contribution is 0.867. The summed E-state index contributed by atoms with van der Waals surface area (Å²) in [6.07, 6.45) is 5.36. The lowest BCUT2D eigenvalue weighted by Gasteiger charge is -2.17. The van der Waals surface area contributed by atoms with Gasteiger partial charge in [-0.2, -0.15) is 0 Å². The Balaban J connectivity index is 1.91. The number of aryl methyl sites for hydroxylation is 1. The molecule has 0 spiro atoms. The molecule has 0 saturated carbocycles. The van der Waals surface area contributed by atoms with E-state index in [0.717, 1.165) is 24.5 Å². The molecule has 1 aliphatic heterocycles. The molecule has 0 aromatic carbocycles. The zero-order chi connectivity index (χ0) is 11.0. The smallest absolute Gasteiger partial charge is 0.115 e. The van der Waals surface area contributed by atoms with Crippen LogP contribution in [-0.4, -0.2) is 15.0 Å². The van der Waals surface area contributed by atoms with E-state index >= 15 is 0 Å². The standard InChI is InChI=1S/C12H12N4/c1-9-4-11(2-3-14-9)16-6-10-5-13-8-15-12(10)7-16/h2-5,8H,6-7H2,1H3. The second-order valence-corrected chi connectivity index (χ2v) is 4.01. The SMILES string of the molecule is Cc1cc(N2Cc3cncnc3C2)ccn1. The van der Waals surface area contributed by atoms with E-state index in [-0.39, 0.29) is 0 Å². The number of rotatable bonds is 1. The van der Waals surface area contributed by atoms with Gasteiger partial charge in [-0.25, -0.2) is 9.97 Å². The number of hydrogen-bond donors (Lipinski definition) is 0. The number of aromatic nitrogens is 3. The lowest BCUT2D eigenvalue weighted by Crippen LogP contribution is -2.14. The summed E-state index contributed by atoms with van der Waals surface area (Å²) in [5.74, 6) is 0. The summed E-state index contributed by atoms with van der Waals surface area (Å²) in [4.78, 5) is 14.8. The van der Waals surface area contributed by atoms with Crippen molar-refractivity contribution in [1.82, 2.24) is 15.0 Å². The highest BCUT2D eigenvalue weighted by Crippen LogP contribution is 2.25. The molecule has 0 bridgehead atoms. The van der Waals surface area contributed by atoms with Gasteiger partial charge >= 0.3 is 0 Å². The predicted molar refractivity (Wildman–Crippen MR) is 60.9 cm³/mol. The molecule has 3 rings (SSSR count). The van der Waals surface area contributed by atoms with Crippen molar-refractivity contribution in [2.24, 2.45) is 0 Å². The fourth-order valence-corrected chi connectivity index (χ4v) is 2.01. The van der Waals surface area contributed by atoms with Gasteiger partial charge in [0.25, 0.3) is 0 Å². The van der Waals surface area contributed by atoms with Crippen LogP contribution >= 0.6 is 0 Å². The van der Waals surface area contributed by atoms with Crippen molar-refractivity contribution in [2.45, 2.75) is 20.0 Å². The molecule has 3 heterocycles. The zero-order valence-electron chi connectivity index (χ0n) is 9.09. The van der Waals surface area contributed by atoms with Gasteiger partial charge in [0.15, 0.2) is 0 Å². The van der Waals surface area contributed by atoms with Crippen molar-refractivity contribution in [3.8, 4) is 0 Å². The minimum Gasteiger partial charge on any atom is -0.361 e. The van der Waals surface area contributed by atoms with Crippen molar-refractivity contribution in [3.63, 3.8) is 0 Å². The van der Waals surface area contributed by atoms with Crippen LogP contribution in [0.5, 0.6) is 0 Å². The van der Waals surface area contributed by atoms with E-state index in [1.54, 1.807) is 6.33 Å². The molecular formula is C12H12N4. The molecule has 80 valence electrons. The van der Waals surface area contributed by atoms with Crippen LogP contribution in [0.25, 0.3) is 0 Å². The van der Waals surface area contributed by atoms with Gasteiger partial charge in [-0.1, -0.05) is 0 Å². The fourth-order valence-electron chi connectivity index (χ4n) is 2.01. The Bertz CT molecular complexity index is 499. The van der Waals surface area contributed by atoms with E-state index in [2.05, 4.69) is 25.9 Å². The first-order chi connectivity index (χ1) is 7.83. The van der Waals surface area contributed by atoms with E-state index in [1.807, 2.05) is 25.4 Å². The van der Waals surface area contributed by atoms with Gasteiger partial charge in [-0.05, 0) is 19.1 Å². The molecule has 4 nitrogen and oxygen atoms in total. The fraction of sp³-hybridized carbons (Fsp3) is 0.250. The molecule has 4 heteroatoms. The van der Waals surface area contributed by atoms with E-state index < -0.39 is 0 Å². The van der Waals surface area contributed by atoms with E-state index in [9.17, 15) is 0 Å². The molecule has 1 aliphatic rings. The summed E-state index contributed by atoms with van der Waals surface area (Å²) in [5, 5.41) is 0. The van der Waals surface area contributed by atoms with Gasteiger partial charge in [0.2, 0.25) is 0 Å². The predicted octanol–water partition coefficient (Wildman–Crippen LogP) is 1.70. The summed E-state index contributed by atoms with van der Waals surface area (Å²) < 4.78 is 0. The second kappa shape index (κ2) is 3.56. The Kier molecular flexibility index (Phi) is 2.06. The topological polar surface area (TPSA) is 41.9 Å². The first-order valence-corrected chi connectivity index (χ1v) is 5.28. The minimum atomic E-state index is 0.862. The third-order valence-electron chi connectivity index (χ3n) is 2.83. The van der Waals surface area contributed by atoms with Crippen molar-refractivity contribution in [3.05, 3.63) is 47.8 Å². The number of hydrogen-bond acceptors (Lipinski definition) is 4. The molecule has 0 aliphatic carbocycles. The van der Waals surface area contributed by atoms with E-state index in [1.165, 1.54) is 11.3 Å². The number of nitrogens with zero attached hydrogens (tertiary/aromatic N) is 4. The molecule has 2 aromatic heterocycles. The van der Waals surface area contributed by atoms with Crippen LogP contribution in [0.4, 0.5) is 5.69 Å². The molecule has 0 radical (unpaired) electrons. The van der Waals surface area contributed by atoms with Gasteiger partial charge in [0.1, 0.15) is 6.33 Å². The van der Waals surface area contributed by atoms with Crippen LogP contribution in [0, 0.1) is 6.92 Å². The highest BCUT2D eigenvalue weighted by atomic mass is 15.2. The third kappa shape index (κ3) is 1.52. The first kappa shape index (κ1) is 9.27. The van der Waals surface area contributed by atoms with Gasteiger partial charge in [-0.15, -0.1) is 0 Å². The van der Waals surface area contributed by atoms with Crippen molar-refractivity contribution < 1.29 is 0 Å². The van der Waals surface area contributed by atoms with Crippen LogP contribution in [0.15, 0.2) is 30.9 Å². The Hall–Kier alpha value is -1.97. The molecule has 0 unspecified atom stereocenters. The highest BCUT2D eigenvalue weighted by molar-refractivity contribution is 5.50. The summed E-state index contributed by atoms with van der Waals surface area (Å²) in [6.45, 7) is 3.76. The first-order valence-electron chi connectivity index (χ1n) is 5.28. The zero-order valence-corrected chi connectivity index (χ0v) is 9.09. The second-order valence-electron chi connectivity index (χ2n) is 4.01. The molecule has 0 amide bonds. The summed E-state index contributed by atoms with van der Waals surface area (Å²) in [7, 11) is 0. The largest absolute Gasteiger partial charge is 0.361 e. The summed E-state index contributed by atoms with van der Waals surface area (Å²) >= 11 is 0. The minimum absolute atomic E-state index is 0.862. The molecular weight excluding hydrogens is 200 g/mol. The van der Waals surface area contributed by atoms with Gasteiger partial charge < -0.3 is 4.90 Å². The molecule has 2 aromatic rings. The van der Waals surface area contributed by atoms with Crippen LogP contribution in [0.3, 0.4) is 0 Å². The maximum atomic E-state index is 4.29. The summed E-state index contributed by atoms with van der Waals surface area (Å²) in [6, 6.07) is 4.13. The van der Waals surface area contributed by atoms with Crippen molar-refractivity contribution in [1.29, 1.82) is 0 Å². The Morgan fingerprint density at radius 1 is 1.25 bits per heavy atom. The van der Waals surface area contributed by atoms with Gasteiger partial charge in [0.05, 0.1) is 12.2 Å². The Morgan fingerprint density at radius 2 is 2.19 bits per heavy atom. The van der Waals surface area contributed by atoms with E-state index in [0.29, 0.717) is 0 Å². The molecule has 0 saturated heterocycles. The number of fused-ring (bicyclic) bond motifs is 1. The number of pyridine rings is 1. The maximum Gasteiger partial charge on any atom is 0.115 e. The van der Waals surface area contributed by atoms with Crippen LogP contribution in [-0.2, 0) is 13.1 Å². The number of anilines is 1. The normalized spacial score (nSPS) is 13.9. The van der Waals surface area contributed by atoms with Gasteiger partial charge in [0, 0.05) is 35.9 Å². The summed E-state index contributed by atoms with van der Waals surface area (Å²) in [5.41, 5.74) is 4.59.